The molecular formula is C15H14N2O6. The van der Waals surface area contributed by atoms with Gasteiger partial charge in [-0.15, -0.1) is 0 Å². The summed E-state index contributed by atoms with van der Waals surface area (Å²) in [6.45, 7) is 1.29. The van der Waals surface area contributed by atoms with E-state index in [2.05, 4.69) is 9.72 Å². The Morgan fingerprint density at radius 1 is 1.22 bits per heavy atom. The molecule has 0 aliphatic heterocycles. The van der Waals surface area contributed by atoms with Gasteiger partial charge in [0.15, 0.2) is 6.10 Å². The molecule has 8 heteroatoms. The quantitative estimate of drug-likeness (QED) is 0.815. The van der Waals surface area contributed by atoms with Gasteiger partial charge in [0, 0.05) is 5.39 Å². The molecule has 0 spiro atoms. The Balaban J connectivity index is 2.16. The van der Waals surface area contributed by atoms with Gasteiger partial charge in [-0.05, 0) is 24.4 Å². The third-order valence-corrected chi connectivity index (χ3v) is 3.04. The highest BCUT2D eigenvalue weighted by atomic mass is 16.6. The Bertz CT molecular complexity index is 826. The zero-order chi connectivity index (χ0) is 17.0. The Morgan fingerprint density at radius 3 is 2.61 bits per heavy atom. The van der Waals surface area contributed by atoms with E-state index in [0.717, 1.165) is 7.11 Å². The van der Waals surface area contributed by atoms with Crippen molar-refractivity contribution in [3.05, 3.63) is 46.4 Å². The molecule has 0 aliphatic carbocycles. The van der Waals surface area contributed by atoms with Crippen LogP contribution in [0.2, 0.25) is 0 Å². The van der Waals surface area contributed by atoms with Crippen molar-refractivity contribution in [2.24, 2.45) is 0 Å². The number of esters is 1. The number of pyridine rings is 1. The summed E-state index contributed by atoms with van der Waals surface area (Å²) in [7, 11) is 1.10. The van der Waals surface area contributed by atoms with Gasteiger partial charge in [-0.3, -0.25) is 14.9 Å². The van der Waals surface area contributed by atoms with E-state index in [9.17, 15) is 19.2 Å². The largest absolute Gasteiger partial charge is 0.453 e. The highest BCUT2D eigenvalue weighted by molar-refractivity contribution is 5.97. The maximum absolute atomic E-state index is 12.0. The van der Waals surface area contributed by atoms with E-state index in [4.69, 9.17) is 4.74 Å². The molecule has 1 atom stereocenters. The molecule has 23 heavy (non-hydrogen) atoms. The Morgan fingerprint density at radius 2 is 1.91 bits per heavy atom. The Kier molecular flexibility index (Phi) is 4.75. The standard InChI is InChI=1S/C15H14N2O6/c1-8(12(18)17-15(21)22-2)23-14(20)11-7-9-5-3-4-6-10(9)13(19)16-11/h3-8H,1-2H3,(H,16,19)(H,17,18,21)/t8-/m0/s1. The number of alkyl carbamates (subject to hydrolysis) is 1. The zero-order valence-corrected chi connectivity index (χ0v) is 12.4. The molecule has 0 fully saturated rings. The molecule has 2 rings (SSSR count). The van der Waals surface area contributed by atoms with Crippen molar-refractivity contribution in [3.8, 4) is 0 Å². The van der Waals surface area contributed by atoms with Gasteiger partial charge in [-0.1, -0.05) is 18.2 Å². The second-order valence-corrected chi connectivity index (χ2v) is 4.63. The number of methoxy groups -OCH3 is 1. The number of carbonyl (C=O) groups is 3. The average molecular weight is 318 g/mol. The van der Waals surface area contributed by atoms with E-state index in [-0.39, 0.29) is 5.69 Å². The SMILES string of the molecule is COC(=O)NC(=O)[C@H](C)OC(=O)c1cc2ccccc2c(=O)[nH]1. The number of ether oxygens (including phenoxy) is 2. The lowest BCUT2D eigenvalue weighted by Crippen LogP contribution is -2.39. The van der Waals surface area contributed by atoms with Crippen LogP contribution in [0.4, 0.5) is 4.79 Å². The minimum absolute atomic E-state index is 0.0913. The summed E-state index contributed by atoms with van der Waals surface area (Å²) in [5, 5.41) is 2.87. The lowest BCUT2D eigenvalue weighted by molar-refractivity contribution is -0.128. The normalized spacial score (nSPS) is 11.6. The summed E-state index contributed by atoms with van der Waals surface area (Å²) in [5.74, 6) is -1.73. The number of aromatic nitrogens is 1. The molecule has 0 aliphatic rings. The number of amides is 2. The van der Waals surface area contributed by atoms with Gasteiger partial charge in [0.05, 0.1) is 7.11 Å². The van der Waals surface area contributed by atoms with Gasteiger partial charge in [-0.2, -0.15) is 0 Å². The Hall–Kier alpha value is -3.16. The molecule has 1 aromatic carbocycles. The molecule has 0 radical (unpaired) electrons. The van der Waals surface area contributed by atoms with E-state index in [1.54, 1.807) is 24.3 Å². The summed E-state index contributed by atoms with van der Waals surface area (Å²) >= 11 is 0. The number of hydrogen-bond acceptors (Lipinski definition) is 6. The monoisotopic (exact) mass is 318 g/mol. The van der Waals surface area contributed by atoms with Gasteiger partial charge >= 0.3 is 12.1 Å². The van der Waals surface area contributed by atoms with Crippen molar-refractivity contribution >= 4 is 28.7 Å². The molecule has 1 aromatic heterocycles. The molecule has 120 valence electrons. The van der Waals surface area contributed by atoms with Crippen molar-refractivity contribution in [3.63, 3.8) is 0 Å². The van der Waals surface area contributed by atoms with Crippen LogP contribution < -0.4 is 10.9 Å². The average Bonchev–Trinajstić information content (AvgIpc) is 2.54. The highest BCUT2D eigenvalue weighted by Crippen LogP contribution is 2.11. The van der Waals surface area contributed by atoms with Crippen LogP contribution >= 0.6 is 0 Å². The van der Waals surface area contributed by atoms with Crippen LogP contribution in [0, 0.1) is 0 Å². The van der Waals surface area contributed by atoms with E-state index in [0.29, 0.717) is 10.8 Å². The first kappa shape index (κ1) is 16.2. The van der Waals surface area contributed by atoms with Crippen LogP contribution in [-0.2, 0) is 14.3 Å². The first-order chi connectivity index (χ1) is 10.9. The molecule has 2 aromatic rings. The van der Waals surface area contributed by atoms with Crippen LogP contribution in [0.1, 0.15) is 17.4 Å². The van der Waals surface area contributed by atoms with E-state index >= 15 is 0 Å². The van der Waals surface area contributed by atoms with Gasteiger partial charge in [0.1, 0.15) is 5.69 Å². The Labute approximate surface area is 130 Å². The smallest absolute Gasteiger partial charge is 0.413 e. The van der Waals surface area contributed by atoms with Crippen molar-refractivity contribution in [1.82, 2.24) is 10.3 Å². The first-order valence-electron chi connectivity index (χ1n) is 6.64. The molecule has 0 saturated heterocycles. The fourth-order valence-electron chi connectivity index (χ4n) is 1.85. The van der Waals surface area contributed by atoms with Gasteiger partial charge < -0.3 is 14.5 Å². The van der Waals surface area contributed by atoms with Crippen LogP contribution in [0.25, 0.3) is 10.8 Å². The number of rotatable bonds is 3. The van der Waals surface area contributed by atoms with Crippen LogP contribution in [0.3, 0.4) is 0 Å². The van der Waals surface area contributed by atoms with Gasteiger partial charge in [0.2, 0.25) is 0 Å². The zero-order valence-electron chi connectivity index (χ0n) is 12.4. The number of carbonyl (C=O) groups excluding carboxylic acids is 3. The summed E-state index contributed by atoms with van der Waals surface area (Å²) < 4.78 is 9.18. The van der Waals surface area contributed by atoms with Crippen molar-refractivity contribution in [2.75, 3.05) is 7.11 Å². The van der Waals surface area contributed by atoms with Crippen LogP contribution in [-0.4, -0.2) is 36.2 Å². The van der Waals surface area contributed by atoms with Crippen LogP contribution in [0.15, 0.2) is 35.1 Å². The summed E-state index contributed by atoms with van der Waals surface area (Å²) in [6, 6.07) is 8.17. The molecular weight excluding hydrogens is 304 g/mol. The summed E-state index contributed by atoms with van der Waals surface area (Å²) in [5.41, 5.74) is -0.534. The van der Waals surface area contributed by atoms with Gasteiger partial charge in [0.25, 0.3) is 11.5 Å². The lowest BCUT2D eigenvalue weighted by atomic mass is 10.1. The summed E-state index contributed by atoms with van der Waals surface area (Å²) in [4.78, 5) is 48.8. The molecule has 1 heterocycles. The first-order valence-corrected chi connectivity index (χ1v) is 6.64. The molecule has 2 amide bonds. The number of H-pyrrole nitrogens is 1. The van der Waals surface area contributed by atoms with Crippen molar-refractivity contribution in [2.45, 2.75) is 13.0 Å². The van der Waals surface area contributed by atoms with Gasteiger partial charge in [-0.25, -0.2) is 9.59 Å². The van der Waals surface area contributed by atoms with Crippen LogP contribution in [0.5, 0.6) is 0 Å². The molecule has 0 unspecified atom stereocenters. The van der Waals surface area contributed by atoms with Crippen molar-refractivity contribution in [1.29, 1.82) is 0 Å². The third kappa shape index (κ3) is 3.73. The lowest BCUT2D eigenvalue weighted by Gasteiger charge is -2.12. The van der Waals surface area contributed by atoms with E-state index in [1.165, 1.54) is 13.0 Å². The number of nitrogens with one attached hydrogen (secondary N) is 2. The third-order valence-electron chi connectivity index (χ3n) is 3.04. The number of hydrogen-bond donors (Lipinski definition) is 2. The molecule has 0 saturated carbocycles. The maximum atomic E-state index is 12.0. The highest BCUT2D eigenvalue weighted by Gasteiger charge is 2.21. The second-order valence-electron chi connectivity index (χ2n) is 4.63. The minimum atomic E-state index is -1.24. The van der Waals surface area contributed by atoms with Crippen molar-refractivity contribution < 1.29 is 23.9 Å². The van der Waals surface area contributed by atoms with E-state index < -0.39 is 29.6 Å². The number of imide groups is 1. The maximum Gasteiger partial charge on any atom is 0.413 e. The number of aromatic amines is 1. The predicted molar refractivity (Wildman–Crippen MR) is 80.0 cm³/mol. The van der Waals surface area contributed by atoms with E-state index in [1.807, 2.05) is 5.32 Å². The second kappa shape index (κ2) is 6.73. The minimum Gasteiger partial charge on any atom is -0.453 e. The number of fused-ring (bicyclic) bond motifs is 1. The summed E-state index contributed by atoms with van der Waals surface area (Å²) in [6.07, 6.45) is -2.20. The molecule has 2 N–H and O–H groups in total. The fraction of sp³-hybridized carbons (Fsp3) is 0.200. The predicted octanol–water partition coefficient (Wildman–Crippen LogP) is 0.956. The topological polar surface area (TPSA) is 115 Å². The molecule has 0 bridgehead atoms. The number of benzene rings is 1. The molecule has 8 nitrogen and oxygen atoms in total. The fourth-order valence-corrected chi connectivity index (χ4v) is 1.85.